The molecular weight excluding hydrogens is 268 g/mol. The first-order valence-corrected chi connectivity index (χ1v) is 7.66. The molecule has 0 unspecified atom stereocenters. The van der Waals surface area contributed by atoms with Gasteiger partial charge in [-0.1, -0.05) is 25.7 Å². The van der Waals surface area contributed by atoms with Crippen LogP contribution in [-0.2, 0) is 4.79 Å². The molecule has 4 nitrogen and oxygen atoms in total. The highest BCUT2D eigenvalue weighted by Gasteiger charge is 2.38. The van der Waals surface area contributed by atoms with Gasteiger partial charge in [-0.25, -0.2) is 0 Å². The van der Waals surface area contributed by atoms with E-state index in [1.165, 1.54) is 0 Å². The SMILES string of the molecule is COc1ccc(OCCC2(C(=O)O)CCCCCC2)cc1. The lowest BCUT2D eigenvalue weighted by molar-refractivity contribution is -0.150. The number of methoxy groups -OCH3 is 1. The minimum Gasteiger partial charge on any atom is -0.497 e. The van der Waals surface area contributed by atoms with Crippen molar-refractivity contribution in [3.05, 3.63) is 24.3 Å². The third kappa shape index (κ3) is 4.13. The first-order valence-electron chi connectivity index (χ1n) is 7.66. The van der Waals surface area contributed by atoms with Crippen LogP contribution < -0.4 is 9.47 Å². The third-order valence-electron chi connectivity index (χ3n) is 4.42. The molecule has 2 rings (SSSR count). The van der Waals surface area contributed by atoms with Gasteiger partial charge in [-0.05, 0) is 43.5 Å². The lowest BCUT2D eigenvalue weighted by atomic mass is 9.78. The summed E-state index contributed by atoms with van der Waals surface area (Å²) in [6.07, 6.45) is 6.43. The summed E-state index contributed by atoms with van der Waals surface area (Å²) in [6.45, 7) is 0.443. The summed E-state index contributed by atoms with van der Waals surface area (Å²) < 4.78 is 10.8. The first kappa shape index (κ1) is 15.7. The molecule has 0 amide bonds. The summed E-state index contributed by atoms with van der Waals surface area (Å²) in [6, 6.07) is 7.38. The Labute approximate surface area is 126 Å². The number of ether oxygens (including phenoxy) is 2. The Bertz CT molecular complexity index is 444. The summed E-state index contributed by atoms with van der Waals surface area (Å²) in [5.41, 5.74) is -0.594. The number of aliphatic carboxylic acids is 1. The van der Waals surface area contributed by atoms with Crippen molar-refractivity contribution in [1.82, 2.24) is 0 Å². The highest BCUT2D eigenvalue weighted by molar-refractivity contribution is 5.74. The molecule has 116 valence electrons. The largest absolute Gasteiger partial charge is 0.497 e. The van der Waals surface area contributed by atoms with Crippen molar-refractivity contribution >= 4 is 5.97 Å². The molecule has 0 aliphatic heterocycles. The Hall–Kier alpha value is -1.71. The van der Waals surface area contributed by atoms with Crippen LogP contribution in [0.4, 0.5) is 0 Å². The maximum absolute atomic E-state index is 11.7. The molecule has 1 N–H and O–H groups in total. The van der Waals surface area contributed by atoms with Crippen molar-refractivity contribution in [3.8, 4) is 11.5 Å². The molecule has 1 aromatic rings. The topological polar surface area (TPSA) is 55.8 Å². The van der Waals surface area contributed by atoms with Gasteiger partial charge in [0.15, 0.2) is 0 Å². The second kappa shape index (κ2) is 7.34. The average molecular weight is 292 g/mol. The normalized spacial score (nSPS) is 17.8. The van der Waals surface area contributed by atoms with E-state index >= 15 is 0 Å². The number of benzene rings is 1. The molecule has 0 atom stereocenters. The van der Waals surface area contributed by atoms with E-state index in [2.05, 4.69) is 0 Å². The van der Waals surface area contributed by atoms with Gasteiger partial charge in [-0.15, -0.1) is 0 Å². The lowest BCUT2D eigenvalue weighted by Crippen LogP contribution is -2.32. The summed E-state index contributed by atoms with van der Waals surface area (Å²) in [5.74, 6) is 0.876. The van der Waals surface area contributed by atoms with E-state index in [0.29, 0.717) is 13.0 Å². The summed E-state index contributed by atoms with van der Waals surface area (Å²) in [7, 11) is 1.62. The number of carbonyl (C=O) groups is 1. The van der Waals surface area contributed by atoms with Gasteiger partial charge in [-0.3, -0.25) is 4.79 Å². The van der Waals surface area contributed by atoms with Crippen LogP contribution in [0.5, 0.6) is 11.5 Å². The Kier molecular flexibility index (Phi) is 5.48. The van der Waals surface area contributed by atoms with E-state index in [0.717, 1.165) is 50.0 Å². The van der Waals surface area contributed by atoms with Crippen LogP contribution in [0.2, 0.25) is 0 Å². The molecular formula is C17H24O4. The van der Waals surface area contributed by atoms with Gasteiger partial charge in [0.1, 0.15) is 11.5 Å². The molecule has 0 saturated heterocycles. The van der Waals surface area contributed by atoms with E-state index < -0.39 is 11.4 Å². The van der Waals surface area contributed by atoms with Crippen molar-refractivity contribution in [2.75, 3.05) is 13.7 Å². The molecule has 0 bridgehead atoms. The van der Waals surface area contributed by atoms with Crippen LogP contribution in [0, 0.1) is 5.41 Å². The lowest BCUT2D eigenvalue weighted by Gasteiger charge is -2.27. The van der Waals surface area contributed by atoms with E-state index in [-0.39, 0.29) is 0 Å². The quantitative estimate of drug-likeness (QED) is 0.808. The van der Waals surface area contributed by atoms with Crippen LogP contribution in [0.1, 0.15) is 44.9 Å². The Morgan fingerprint density at radius 2 is 1.67 bits per heavy atom. The molecule has 21 heavy (non-hydrogen) atoms. The van der Waals surface area contributed by atoms with Gasteiger partial charge in [0.2, 0.25) is 0 Å². The van der Waals surface area contributed by atoms with Crippen molar-refractivity contribution < 1.29 is 19.4 Å². The fraction of sp³-hybridized carbons (Fsp3) is 0.588. The monoisotopic (exact) mass is 292 g/mol. The van der Waals surface area contributed by atoms with Crippen LogP contribution in [0.15, 0.2) is 24.3 Å². The molecule has 1 aliphatic carbocycles. The van der Waals surface area contributed by atoms with E-state index in [9.17, 15) is 9.90 Å². The minimum absolute atomic E-state index is 0.443. The van der Waals surface area contributed by atoms with Crippen LogP contribution in [0.25, 0.3) is 0 Å². The van der Waals surface area contributed by atoms with Gasteiger partial charge < -0.3 is 14.6 Å². The number of carboxylic acid groups (broad SMARTS) is 1. The van der Waals surface area contributed by atoms with Gasteiger partial charge in [0.05, 0.1) is 19.1 Å². The number of rotatable bonds is 6. The standard InChI is InChI=1S/C17H24O4/c1-20-14-6-8-15(9-7-14)21-13-12-17(16(18)19)10-4-2-3-5-11-17/h6-9H,2-5,10-13H2,1H3,(H,18,19). The van der Waals surface area contributed by atoms with Crippen molar-refractivity contribution in [2.45, 2.75) is 44.9 Å². The summed E-state index contributed by atoms with van der Waals surface area (Å²) >= 11 is 0. The fourth-order valence-corrected chi connectivity index (χ4v) is 3.01. The van der Waals surface area contributed by atoms with Gasteiger partial charge in [-0.2, -0.15) is 0 Å². The minimum atomic E-state index is -0.664. The summed E-state index contributed by atoms with van der Waals surface area (Å²) in [4.78, 5) is 11.7. The molecule has 1 saturated carbocycles. The highest BCUT2D eigenvalue weighted by Crippen LogP contribution is 2.38. The predicted octanol–water partition coefficient (Wildman–Crippen LogP) is 3.89. The fourth-order valence-electron chi connectivity index (χ4n) is 3.01. The molecule has 1 fully saturated rings. The maximum Gasteiger partial charge on any atom is 0.309 e. The van der Waals surface area contributed by atoms with E-state index in [1.807, 2.05) is 24.3 Å². The molecule has 0 radical (unpaired) electrons. The molecule has 1 aliphatic rings. The zero-order valence-electron chi connectivity index (χ0n) is 12.6. The number of hydrogen-bond donors (Lipinski definition) is 1. The zero-order chi connectivity index (χ0) is 15.1. The van der Waals surface area contributed by atoms with Crippen LogP contribution >= 0.6 is 0 Å². The molecule has 0 spiro atoms. The first-order chi connectivity index (χ1) is 10.2. The number of carboxylic acids is 1. The Morgan fingerprint density at radius 3 is 2.19 bits per heavy atom. The van der Waals surface area contributed by atoms with E-state index in [1.54, 1.807) is 7.11 Å². The third-order valence-corrected chi connectivity index (χ3v) is 4.42. The van der Waals surface area contributed by atoms with E-state index in [4.69, 9.17) is 9.47 Å². The second-order valence-corrected chi connectivity index (χ2v) is 5.77. The van der Waals surface area contributed by atoms with Gasteiger partial charge in [0.25, 0.3) is 0 Å². The van der Waals surface area contributed by atoms with Crippen LogP contribution in [-0.4, -0.2) is 24.8 Å². The Balaban J connectivity index is 1.90. The highest BCUT2D eigenvalue weighted by atomic mass is 16.5. The number of hydrogen-bond acceptors (Lipinski definition) is 3. The average Bonchev–Trinajstić information content (AvgIpc) is 2.75. The Morgan fingerprint density at radius 1 is 1.10 bits per heavy atom. The van der Waals surface area contributed by atoms with Gasteiger partial charge >= 0.3 is 5.97 Å². The summed E-state index contributed by atoms with van der Waals surface area (Å²) in [5, 5.41) is 9.61. The zero-order valence-corrected chi connectivity index (χ0v) is 12.6. The maximum atomic E-state index is 11.7. The molecule has 4 heteroatoms. The molecule has 0 heterocycles. The van der Waals surface area contributed by atoms with Crippen molar-refractivity contribution in [3.63, 3.8) is 0 Å². The molecule has 0 aromatic heterocycles. The second-order valence-electron chi connectivity index (χ2n) is 5.77. The predicted molar refractivity (Wildman–Crippen MR) is 80.9 cm³/mol. The van der Waals surface area contributed by atoms with Crippen molar-refractivity contribution in [1.29, 1.82) is 0 Å². The van der Waals surface area contributed by atoms with Gasteiger partial charge in [0, 0.05) is 0 Å². The smallest absolute Gasteiger partial charge is 0.309 e. The van der Waals surface area contributed by atoms with Crippen molar-refractivity contribution in [2.24, 2.45) is 5.41 Å². The van der Waals surface area contributed by atoms with Crippen LogP contribution in [0.3, 0.4) is 0 Å². The molecule has 1 aromatic carbocycles.